The van der Waals surface area contributed by atoms with Crippen LogP contribution in [0.25, 0.3) is 22.2 Å². The van der Waals surface area contributed by atoms with Crippen molar-refractivity contribution >= 4 is 34.4 Å². The maximum Gasteiger partial charge on any atom is 0.272 e. The second kappa shape index (κ2) is 8.13. The third-order valence-electron chi connectivity index (χ3n) is 8.23. The first kappa shape index (κ1) is 21.5. The molecule has 0 spiro atoms. The SMILES string of the molecule is O=C(c1ccc2[nH]nnc2c1)N1C[C@@H]2[C@H](C1)[C@H]1CN(C(=O)c3ccc(-c4ccc(Cl)cc4)cn3)C[C@@H]21. The number of aromatic nitrogens is 4. The molecule has 2 aromatic carbocycles. The minimum absolute atomic E-state index is 0.0148. The van der Waals surface area contributed by atoms with Crippen LogP contribution in [0.3, 0.4) is 0 Å². The number of amides is 2. The van der Waals surface area contributed by atoms with Gasteiger partial charge in [0.05, 0.1) is 5.52 Å². The summed E-state index contributed by atoms with van der Waals surface area (Å²) in [6.07, 6.45) is 1.75. The number of nitrogens with zero attached hydrogens (tertiary/aromatic N) is 5. The number of rotatable bonds is 3. The maximum atomic E-state index is 13.2. The van der Waals surface area contributed by atoms with Gasteiger partial charge in [-0.2, -0.15) is 0 Å². The number of halogens is 1. The second-order valence-electron chi connectivity index (χ2n) is 10.1. The van der Waals surface area contributed by atoms with E-state index in [0.29, 0.717) is 45.5 Å². The van der Waals surface area contributed by atoms with Crippen LogP contribution in [0.4, 0.5) is 0 Å². The van der Waals surface area contributed by atoms with Gasteiger partial charge in [0, 0.05) is 48.5 Å². The molecule has 9 heteroatoms. The van der Waals surface area contributed by atoms with Crippen molar-refractivity contribution in [3.8, 4) is 11.1 Å². The Morgan fingerprint density at radius 3 is 2.08 bits per heavy atom. The first-order valence-electron chi connectivity index (χ1n) is 12.2. The fourth-order valence-electron chi connectivity index (χ4n) is 6.36. The monoisotopic (exact) mass is 498 g/mol. The van der Waals surface area contributed by atoms with Gasteiger partial charge in [-0.05, 0) is 65.6 Å². The Morgan fingerprint density at radius 2 is 1.44 bits per heavy atom. The molecule has 8 nitrogen and oxygen atoms in total. The van der Waals surface area contributed by atoms with Crippen LogP contribution in [-0.4, -0.2) is 68.2 Å². The summed E-state index contributed by atoms with van der Waals surface area (Å²) >= 11 is 5.98. The van der Waals surface area contributed by atoms with Gasteiger partial charge < -0.3 is 9.80 Å². The van der Waals surface area contributed by atoms with E-state index in [0.717, 1.165) is 42.8 Å². The summed E-state index contributed by atoms with van der Waals surface area (Å²) in [5.74, 6) is 1.83. The Morgan fingerprint density at radius 1 is 0.806 bits per heavy atom. The molecule has 4 atom stereocenters. The van der Waals surface area contributed by atoms with Gasteiger partial charge in [0.25, 0.3) is 11.8 Å². The summed E-state index contributed by atoms with van der Waals surface area (Å²) in [5, 5.41) is 11.3. The molecule has 36 heavy (non-hydrogen) atoms. The molecule has 0 radical (unpaired) electrons. The van der Waals surface area contributed by atoms with E-state index in [1.165, 1.54) is 0 Å². The molecule has 2 aromatic heterocycles. The summed E-state index contributed by atoms with van der Waals surface area (Å²) in [5.41, 5.74) is 4.60. The molecule has 3 fully saturated rings. The zero-order valence-electron chi connectivity index (χ0n) is 19.3. The van der Waals surface area contributed by atoms with Gasteiger partial charge in [-0.1, -0.05) is 35.0 Å². The minimum atomic E-state index is -0.0148. The highest BCUT2D eigenvalue weighted by Gasteiger charge is 2.59. The Labute approximate surface area is 212 Å². The molecular formula is C27H23ClN6O2. The lowest BCUT2D eigenvalue weighted by Gasteiger charge is -2.42. The van der Waals surface area contributed by atoms with Crippen LogP contribution in [-0.2, 0) is 0 Å². The third-order valence-corrected chi connectivity index (χ3v) is 8.48. The van der Waals surface area contributed by atoms with Crippen LogP contribution in [0, 0.1) is 23.7 Å². The molecule has 2 aliphatic heterocycles. The van der Waals surface area contributed by atoms with E-state index in [1.807, 2.05) is 52.3 Å². The fourth-order valence-corrected chi connectivity index (χ4v) is 6.49. The lowest BCUT2D eigenvalue weighted by molar-refractivity contribution is 0.0629. The van der Waals surface area contributed by atoms with Crippen molar-refractivity contribution in [2.24, 2.45) is 23.7 Å². The molecule has 4 aromatic rings. The highest BCUT2D eigenvalue weighted by Crippen LogP contribution is 2.54. The van der Waals surface area contributed by atoms with Gasteiger partial charge in [-0.3, -0.25) is 19.7 Å². The Hall–Kier alpha value is -3.78. The number of likely N-dealkylation sites (tertiary alicyclic amines) is 2. The molecule has 0 unspecified atom stereocenters. The average Bonchev–Trinajstić information content (AvgIpc) is 3.62. The van der Waals surface area contributed by atoms with E-state index >= 15 is 0 Å². The third kappa shape index (κ3) is 3.39. The van der Waals surface area contributed by atoms with Crippen molar-refractivity contribution in [1.82, 2.24) is 30.2 Å². The standard InChI is InChI=1S/C27H23ClN6O2/c28-18-5-1-15(2-6-18)17-4-8-24(29-10-17)27(36)34-13-21-19-11-33(12-20(19)22(21)14-34)26(35)16-3-7-23-25(9-16)31-32-30-23/h1-10,19-22H,11-14H2,(H,30,31,32)/t19-,20+,21+,22-. The highest BCUT2D eigenvalue weighted by atomic mass is 35.5. The molecule has 1 N–H and O–H groups in total. The van der Waals surface area contributed by atoms with Crippen molar-refractivity contribution in [1.29, 1.82) is 0 Å². The number of hydrogen-bond acceptors (Lipinski definition) is 5. The fraction of sp³-hybridized carbons (Fsp3) is 0.296. The largest absolute Gasteiger partial charge is 0.338 e. The van der Waals surface area contributed by atoms with Crippen molar-refractivity contribution in [3.63, 3.8) is 0 Å². The van der Waals surface area contributed by atoms with E-state index in [4.69, 9.17) is 11.6 Å². The molecular weight excluding hydrogens is 476 g/mol. The van der Waals surface area contributed by atoms with Gasteiger partial charge in [-0.25, -0.2) is 0 Å². The molecule has 7 rings (SSSR count). The molecule has 180 valence electrons. The Kier molecular flexibility index (Phi) is 4.86. The molecule has 1 aliphatic carbocycles. The van der Waals surface area contributed by atoms with Crippen LogP contribution in [0.15, 0.2) is 60.8 Å². The number of fused-ring (bicyclic) bond motifs is 5. The normalized spacial score (nSPS) is 24.5. The topological polar surface area (TPSA) is 95.1 Å². The number of pyridine rings is 1. The van der Waals surface area contributed by atoms with Crippen LogP contribution in [0.2, 0.25) is 5.02 Å². The predicted octanol–water partition coefficient (Wildman–Crippen LogP) is 3.76. The van der Waals surface area contributed by atoms with Crippen molar-refractivity contribution < 1.29 is 9.59 Å². The van der Waals surface area contributed by atoms with E-state index in [9.17, 15) is 9.59 Å². The van der Waals surface area contributed by atoms with Crippen LogP contribution in [0.5, 0.6) is 0 Å². The maximum absolute atomic E-state index is 13.2. The van der Waals surface area contributed by atoms with Crippen LogP contribution in [0.1, 0.15) is 20.8 Å². The van der Waals surface area contributed by atoms with Crippen LogP contribution >= 0.6 is 11.6 Å². The quantitative estimate of drug-likeness (QED) is 0.464. The van der Waals surface area contributed by atoms with E-state index in [-0.39, 0.29) is 11.8 Å². The van der Waals surface area contributed by atoms with Gasteiger partial charge in [0.1, 0.15) is 11.2 Å². The first-order chi connectivity index (χ1) is 17.5. The first-order valence-corrected chi connectivity index (χ1v) is 12.5. The second-order valence-corrected chi connectivity index (χ2v) is 10.5. The van der Waals surface area contributed by atoms with Gasteiger partial charge in [0.15, 0.2) is 0 Å². The number of nitrogens with one attached hydrogen (secondary N) is 1. The highest BCUT2D eigenvalue weighted by molar-refractivity contribution is 6.30. The van der Waals surface area contributed by atoms with Crippen molar-refractivity contribution in [2.45, 2.75) is 0 Å². The van der Waals surface area contributed by atoms with Crippen LogP contribution < -0.4 is 0 Å². The Bertz CT molecular complexity index is 1460. The Balaban J connectivity index is 1.00. The molecule has 2 saturated heterocycles. The van der Waals surface area contributed by atoms with E-state index < -0.39 is 0 Å². The number of carbonyl (C=O) groups is 2. The minimum Gasteiger partial charge on any atom is -0.338 e. The summed E-state index contributed by atoms with van der Waals surface area (Å²) in [6.45, 7) is 2.96. The smallest absolute Gasteiger partial charge is 0.272 e. The summed E-state index contributed by atoms with van der Waals surface area (Å²) in [4.78, 5) is 34.7. The molecule has 4 heterocycles. The molecule has 3 aliphatic rings. The number of hydrogen-bond donors (Lipinski definition) is 1. The lowest BCUT2D eigenvalue weighted by Crippen LogP contribution is -2.44. The van der Waals surface area contributed by atoms with Crippen molar-refractivity contribution in [3.05, 3.63) is 77.1 Å². The predicted molar refractivity (Wildman–Crippen MR) is 134 cm³/mol. The van der Waals surface area contributed by atoms with Gasteiger partial charge >= 0.3 is 0 Å². The van der Waals surface area contributed by atoms with E-state index in [1.54, 1.807) is 18.3 Å². The number of aromatic amines is 1. The molecule has 0 bridgehead atoms. The average molecular weight is 499 g/mol. The number of H-pyrrole nitrogens is 1. The van der Waals surface area contributed by atoms with Gasteiger partial charge in [-0.15, -0.1) is 5.10 Å². The van der Waals surface area contributed by atoms with E-state index in [2.05, 4.69) is 20.4 Å². The summed E-state index contributed by atoms with van der Waals surface area (Å²) in [6, 6.07) is 16.8. The number of benzene rings is 2. The zero-order chi connectivity index (χ0) is 24.4. The molecule has 2 amide bonds. The summed E-state index contributed by atoms with van der Waals surface area (Å²) < 4.78 is 0. The van der Waals surface area contributed by atoms with Gasteiger partial charge in [0.2, 0.25) is 0 Å². The summed E-state index contributed by atoms with van der Waals surface area (Å²) in [7, 11) is 0. The number of carbonyl (C=O) groups excluding carboxylic acids is 2. The lowest BCUT2D eigenvalue weighted by atomic mass is 9.60. The van der Waals surface area contributed by atoms with Crippen molar-refractivity contribution in [2.75, 3.05) is 26.2 Å². The molecule has 1 saturated carbocycles. The zero-order valence-corrected chi connectivity index (χ0v) is 20.1.